The van der Waals surface area contributed by atoms with Crippen molar-refractivity contribution in [2.45, 2.75) is 37.5 Å². The minimum absolute atomic E-state index is 0.124. The molecule has 1 aromatic heterocycles. The van der Waals surface area contributed by atoms with Crippen molar-refractivity contribution in [1.29, 1.82) is 0 Å². The number of aromatic nitrogens is 2. The highest BCUT2D eigenvalue weighted by Crippen LogP contribution is 2.48. The Morgan fingerprint density at radius 1 is 1.26 bits per heavy atom. The maximum atomic E-state index is 11.9. The van der Waals surface area contributed by atoms with E-state index in [0.29, 0.717) is 28.6 Å². The number of H-pyrrole nitrogens is 1. The van der Waals surface area contributed by atoms with Gasteiger partial charge in [-0.15, -0.1) is 0 Å². The topological polar surface area (TPSA) is 132 Å². The van der Waals surface area contributed by atoms with Crippen LogP contribution < -0.4 is 14.4 Å². The Morgan fingerprint density at radius 3 is 2.63 bits per heavy atom. The van der Waals surface area contributed by atoms with E-state index in [9.17, 15) is 15.2 Å². The third-order valence-corrected chi connectivity index (χ3v) is 6.24. The van der Waals surface area contributed by atoms with Crippen LogP contribution >= 0.6 is 0 Å². The molecule has 2 aromatic carbocycles. The second kappa shape index (κ2) is 9.90. The lowest BCUT2D eigenvalue weighted by molar-refractivity contribution is -0.385. The second-order valence-corrected chi connectivity index (χ2v) is 8.29. The van der Waals surface area contributed by atoms with Gasteiger partial charge in [0.1, 0.15) is 23.4 Å². The van der Waals surface area contributed by atoms with Crippen LogP contribution in [0.5, 0.6) is 11.5 Å². The Labute approximate surface area is 202 Å². The summed E-state index contributed by atoms with van der Waals surface area (Å²) < 4.78 is 22.8. The molecule has 1 aliphatic rings. The number of para-hydroxylation sites is 2. The van der Waals surface area contributed by atoms with Crippen molar-refractivity contribution in [3.05, 3.63) is 76.4 Å². The fraction of sp³-hybridized carbons (Fsp3) is 0.375. The molecule has 3 aromatic rings. The smallest absolute Gasteiger partial charge is 0.270 e. The van der Waals surface area contributed by atoms with E-state index in [1.165, 1.54) is 32.4 Å². The lowest BCUT2D eigenvalue weighted by Gasteiger charge is -2.49. The number of anilines is 1. The van der Waals surface area contributed by atoms with Crippen LogP contribution in [0.25, 0.3) is 0 Å². The van der Waals surface area contributed by atoms with Gasteiger partial charge in [0.15, 0.2) is 11.9 Å². The van der Waals surface area contributed by atoms with Gasteiger partial charge in [-0.1, -0.05) is 12.1 Å². The fourth-order valence-corrected chi connectivity index (χ4v) is 4.59. The molecule has 0 saturated carbocycles. The number of nitrogens with one attached hydrogen (secondary N) is 1. The number of rotatable bonds is 9. The molecule has 0 fully saturated rings. The molecule has 186 valence electrons. The van der Waals surface area contributed by atoms with Crippen LogP contribution in [0, 0.1) is 10.1 Å². The number of nitro benzene ring substituents is 1. The first-order chi connectivity index (χ1) is 16.8. The lowest BCUT2D eigenvalue weighted by atomic mass is 9.83. The minimum Gasteiger partial charge on any atom is -0.495 e. The zero-order chi connectivity index (χ0) is 25.2. The molecular weight excluding hydrogens is 456 g/mol. The van der Waals surface area contributed by atoms with E-state index < -0.39 is 29.0 Å². The molecule has 1 aliphatic heterocycles. The predicted molar refractivity (Wildman–Crippen MR) is 126 cm³/mol. The summed E-state index contributed by atoms with van der Waals surface area (Å²) in [5.41, 5.74) is -0.391. The molecule has 0 unspecified atom stereocenters. The fourth-order valence-electron chi connectivity index (χ4n) is 4.59. The van der Waals surface area contributed by atoms with Gasteiger partial charge in [0, 0.05) is 44.3 Å². The maximum absolute atomic E-state index is 11.9. The van der Waals surface area contributed by atoms with Gasteiger partial charge in [-0.05, 0) is 25.1 Å². The van der Waals surface area contributed by atoms with Gasteiger partial charge >= 0.3 is 0 Å². The molecule has 3 atom stereocenters. The standard InChI is InChI=1S/C24H28N4O7/c1-24(23(33-3)34-4)22(29)21(16-13-15(28(30)31)9-10-18(16)35-24)27(14-20-25-11-12-26-20)17-7-5-6-8-19(17)32-2/h5-13,21-23,29H,14H2,1-4H3,(H,25,26)/t21-,22+,24+/m0/s1. The number of imidazole rings is 1. The predicted octanol–water partition coefficient (Wildman–Crippen LogP) is 3.21. The average Bonchev–Trinajstić information content (AvgIpc) is 3.37. The first-order valence-electron chi connectivity index (χ1n) is 10.9. The van der Waals surface area contributed by atoms with Crippen LogP contribution in [0.4, 0.5) is 11.4 Å². The monoisotopic (exact) mass is 484 g/mol. The summed E-state index contributed by atoms with van der Waals surface area (Å²) in [6.45, 7) is 1.91. The Bertz CT molecular complexity index is 1170. The number of benzene rings is 2. The number of fused-ring (bicyclic) bond motifs is 1. The van der Waals surface area contributed by atoms with Crippen LogP contribution in [0.2, 0.25) is 0 Å². The number of hydrogen-bond acceptors (Lipinski definition) is 9. The quantitative estimate of drug-likeness (QED) is 0.267. The van der Waals surface area contributed by atoms with Gasteiger partial charge in [-0.3, -0.25) is 10.1 Å². The third-order valence-electron chi connectivity index (χ3n) is 6.24. The number of methoxy groups -OCH3 is 3. The maximum Gasteiger partial charge on any atom is 0.270 e. The summed E-state index contributed by atoms with van der Waals surface area (Å²) in [7, 11) is 4.46. The molecule has 11 heteroatoms. The number of nitro groups is 1. The second-order valence-electron chi connectivity index (χ2n) is 8.29. The Kier molecular flexibility index (Phi) is 6.92. The zero-order valence-electron chi connectivity index (χ0n) is 19.9. The highest BCUT2D eigenvalue weighted by atomic mass is 16.7. The van der Waals surface area contributed by atoms with Crippen molar-refractivity contribution < 1.29 is 29.0 Å². The molecule has 11 nitrogen and oxygen atoms in total. The first kappa shape index (κ1) is 24.5. The largest absolute Gasteiger partial charge is 0.495 e. The van der Waals surface area contributed by atoms with Crippen molar-refractivity contribution in [2.24, 2.45) is 0 Å². The van der Waals surface area contributed by atoms with Crippen molar-refractivity contribution in [1.82, 2.24) is 9.97 Å². The van der Waals surface area contributed by atoms with E-state index in [4.69, 9.17) is 18.9 Å². The number of nitrogens with zero attached hydrogens (tertiary/aromatic N) is 3. The molecule has 2 heterocycles. The minimum atomic E-state index is -1.36. The Hall–Kier alpha value is -3.67. The molecule has 4 rings (SSSR count). The van der Waals surface area contributed by atoms with Gasteiger partial charge in [-0.2, -0.15) is 0 Å². The van der Waals surface area contributed by atoms with Crippen LogP contribution in [-0.4, -0.2) is 59.3 Å². The number of aliphatic hydroxyl groups excluding tert-OH is 1. The Morgan fingerprint density at radius 2 is 2.00 bits per heavy atom. The molecule has 0 radical (unpaired) electrons. The summed E-state index contributed by atoms with van der Waals surface area (Å²) in [4.78, 5) is 20.5. The molecule has 35 heavy (non-hydrogen) atoms. The van der Waals surface area contributed by atoms with E-state index in [1.54, 1.807) is 32.5 Å². The van der Waals surface area contributed by atoms with Crippen LogP contribution in [0.3, 0.4) is 0 Å². The molecule has 0 bridgehead atoms. The number of non-ortho nitro benzene ring substituents is 1. The van der Waals surface area contributed by atoms with Gasteiger partial charge in [-0.25, -0.2) is 4.98 Å². The van der Waals surface area contributed by atoms with Crippen LogP contribution in [0.1, 0.15) is 24.4 Å². The molecule has 0 saturated heterocycles. The third kappa shape index (κ3) is 4.41. The highest BCUT2D eigenvalue weighted by molar-refractivity contribution is 5.62. The van der Waals surface area contributed by atoms with Crippen LogP contribution in [0.15, 0.2) is 54.9 Å². The molecule has 0 amide bonds. The van der Waals surface area contributed by atoms with E-state index in [1.807, 2.05) is 23.1 Å². The first-order valence-corrected chi connectivity index (χ1v) is 10.9. The van der Waals surface area contributed by atoms with Gasteiger partial charge in [0.05, 0.1) is 30.3 Å². The normalized spacial score (nSPS) is 21.3. The SMILES string of the molecule is COc1ccccc1N(Cc1ncc[nH]1)[C@H]1c2cc([N+](=O)[O-])ccc2O[C@@](C)(C(OC)OC)[C@@H]1O. The van der Waals surface area contributed by atoms with Crippen molar-refractivity contribution >= 4 is 11.4 Å². The number of hydrogen-bond donors (Lipinski definition) is 2. The summed E-state index contributed by atoms with van der Waals surface area (Å²) in [6, 6.07) is 10.8. The summed E-state index contributed by atoms with van der Waals surface area (Å²) in [6.07, 6.45) is 1.14. The summed E-state index contributed by atoms with van der Waals surface area (Å²) >= 11 is 0. The molecular formula is C24H28N4O7. The van der Waals surface area contributed by atoms with E-state index >= 15 is 0 Å². The molecule has 2 N–H and O–H groups in total. The average molecular weight is 485 g/mol. The van der Waals surface area contributed by atoms with Crippen molar-refractivity contribution in [3.8, 4) is 11.5 Å². The highest BCUT2D eigenvalue weighted by Gasteiger charge is 2.54. The van der Waals surface area contributed by atoms with Gasteiger partial charge in [0.25, 0.3) is 5.69 Å². The Balaban J connectivity index is 1.95. The zero-order valence-corrected chi connectivity index (χ0v) is 19.9. The number of ether oxygens (including phenoxy) is 4. The van der Waals surface area contributed by atoms with Crippen molar-refractivity contribution in [2.75, 3.05) is 26.2 Å². The molecule has 0 spiro atoms. The number of aromatic amines is 1. The van der Waals surface area contributed by atoms with Crippen molar-refractivity contribution in [3.63, 3.8) is 0 Å². The van der Waals surface area contributed by atoms with E-state index in [-0.39, 0.29) is 12.2 Å². The molecule has 0 aliphatic carbocycles. The summed E-state index contributed by atoms with van der Waals surface area (Å²) in [5, 5.41) is 23.5. The van der Waals surface area contributed by atoms with Gasteiger partial charge < -0.3 is 33.9 Å². The van der Waals surface area contributed by atoms with Crippen LogP contribution in [-0.2, 0) is 16.0 Å². The summed E-state index contributed by atoms with van der Waals surface area (Å²) in [5.74, 6) is 1.55. The number of aliphatic hydroxyl groups is 1. The van der Waals surface area contributed by atoms with Gasteiger partial charge in [0.2, 0.25) is 0 Å². The van der Waals surface area contributed by atoms with E-state index in [0.717, 1.165) is 0 Å². The lowest BCUT2D eigenvalue weighted by Crippen LogP contribution is -2.62. The van der Waals surface area contributed by atoms with E-state index in [2.05, 4.69) is 9.97 Å².